The van der Waals surface area contributed by atoms with Gasteiger partial charge in [-0.1, -0.05) is 17.3 Å². The van der Waals surface area contributed by atoms with E-state index in [-0.39, 0.29) is 18.6 Å². The van der Waals surface area contributed by atoms with Crippen LogP contribution in [0.5, 0.6) is 0 Å². The van der Waals surface area contributed by atoms with Gasteiger partial charge >= 0.3 is 0 Å². The van der Waals surface area contributed by atoms with Gasteiger partial charge < -0.3 is 9.30 Å². The number of aromatic nitrogens is 4. The van der Waals surface area contributed by atoms with Gasteiger partial charge in [-0.05, 0) is 44.9 Å². The summed E-state index contributed by atoms with van der Waals surface area (Å²) in [7, 11) is 0. The van der Waals surface area contributed by atoms with E-state index in [0.29, 0.717) is 0 Å². The number of carbonyl (C=O) groups is 1. The number of rotatable bonds is 6. The van der Waals surface area contributed by atoms with Crippen molar-refractivity contribution in [3.63, 3.8) is 0 Å². The van der Waals surface area contributed by atoms with Crippen molar-refractivity contribution in [1.82, 2.24) is 25.0 Å². The lowest BCUT2D eigenvalue weighted by atomic mass is 10.2. The van der Waals surface area contributed by atoms with Crippen LogP contribution in [-0.4, -0.2) is 44.4 Å². The number of hydrogen-bond donors (Lipinski definition) is 1. The topological polar surface area (TPSA) is 86.3 Å². The fourth-order valence-electron chi connectivity index (χ4n) is 3.61. The van der Waals surface area contributed by atoms with Crippen LogP contribution in [0.1, 0.15) is 29.8 Å². The molecular weight excluding hydrogens is 356 g/mol. The lowest BCUT2D eigenvalue weighted by Gasteiger charge is -2.14. The molecule has 1 N–H and O–H groups in total. The smallest absolute Gasteiger partial charge is 0.261 e. The Hall–Kier alpha value is -3.00. The van der Waals surface area contributed by atoms with E-state index in [4.69, 9.17) is 4.74 Å². The van der Waals surface area contributed by atoms with E-state index in [2.05, 4.69) is 45.3 Å². The second-order valence-electron chi connectivity index (χ2n) is 7.10. The molecule has 1 atom stereocenters. The first-order valence-corrected chi connectivity index (χ1v) is 9.50. The number of amides is 1. The van der Waals surface area contributed by atoms with Gasteiger partial charge in [0.1, 0.15) is 12.1 Å². The third-order valence-electron chi connectivity index (χ3n) is 5.13. The zero-order chi connectivity index (χ0) is 19.5. The quantitative estimate of drug-likeness (QED) is 0.525. The molecule has 8 heteroatoms. The summed E-state index contributed by atoms with van der Waals surface area (Å²) >= 11 is 0. The number of benzene rings is 1. The van der Waals surface area contributed by atoms with Crippen molar-refractivity contribution in [2.24, 2.45) is 5.10 Å². The maximum absolute atomic E-state index is 12.2. The molecule has 1 aliphatic rings. The Labute approximate surface area is 163 Å². The molecule has 8 nitrogen and oxygen atoms in total. The van der Waals surface area contributed by atoms with Crippen molar-refractivity contribution >= 4 is 23.2 Å². The fourth-order valence-corrected chi connectivity index (χ4v) is 3.61. The van der Waals surface area contributed by atoms with Crippen LogP contribution < -0.4 is 5.43 Å². The van der Waals surface area contributed by atoms with Crippen LogP contribution in [0.4, 0.5) is 0 Å². The minimum Gasteiger partial charge on any atom is -0.376 e. The fraction of sp³-hybridized carbons (Fsp3) is 0.400. The molecular formula is C20H24N6O2. The SMILES string of the molecule is Cc1cc(/C=N\NC(=O)Cn2nnc3ccccc32)c(C)n1C[C@H]1CCCO1. The third-order valence-corrected chi connectivity index (χ3v) is 5.13. The van der Waals surface area contributed by atoms with Crippen molar-refractivity contribution < 1.29 is 9.53 Å². The van der Waals surface area contributed by atoms with Crippen molar-refractivity contribution in [2.75, 3.05) is 6.61 Å². The summed E-state index contributed by atoms with van der Waals surface area (Å²) in [5, 5.41) is 12.2. The predicted molar refractivity (Wildman–Crippen MR) is 106 cm³/mol. The van der Waals surface area contributed by atoms with Crippen molar-refractivity contribution in [1.29, 1.82) is 0 Å². The first kappa shape index (κ1) is 18.4. The largest absolute Gasteiger partial charge is 0.376 e. The normalized spacial score (nSPS) is 17.0. The molecule has 0 unspecified atom stereocenters. The van der Waals surface area contributed by atoms with Gasteiger partial charge in [-0.15, -0.1) is 5.10 Å². The Balaban J connectivity index is 1.38. The molecule has 4 rings (SSSR count). The lowest BCUT2D eigenvalue weighted by molar-refractivity contribution is -0.121. The summed E-state index contributed by atoms with van der Waals surface area (Å²) in [6, 6.07) is 9.60. The van der Waals surface area contributed by atoms with E-state index in [1.807, 2.05) is 24.3 Å². The predicted octanol–water partition coefficient (Wildman–Crippen LogP) is 2.18. The molecule has 3 aromatic rings. The number of hydrazone groups is 1. The summed E-state index contributed by atoms with van der Waals surface area (Å²) in [5.74, 6) is -0.250. The van der Waals surface area contributed by atoms with Gasteiger partial charge in [-0.3, -0.25) is 4.79 Å². The second kappa shape index (κ2) is 7.93. The van der Waals surface area contributed by atoms with Gasteiger partial charge in [0.15, 0.2) is 0 Å². The van der Waals surface area contributed by atoms with Crippen LogP contribution in [0.3, 0.4) is 0 Å². The minimum absolute atomic E-state index is 0.0654. The van der Waals surface area contributed by atoms with Crippen LogP contribution in [0.15, 0.2) is 35.4 Å². The number of para-hydroxylation sites is 1. The molecule has 1 aliphatic heterocycles. The van der Waals surface area contributed by atoms with Gasteiger partial charge in [0.05, 0.1) is 17.8 Å². The number of aryl methyl sites for hydroxylation is 1. The maximum atomic E-state index is 12.2. The van der Waals surface area contributed by atoms with Crippen molar-refractivity contribution in [2.45, 2.75) is 45.9 Å². The van der Waals surface area contributed by atoms with E-state index in [1.165, 1.54) is 0 Å². The Morgan fingerprint density at radius 2 is 2.25 bits per heavy atom. The molecule has 28 heavy (non-hydrogen) atoms. The Morgan fingerprint density at radius 3 is 3.07 bits per heavy atom. The number of fused-ring (bicyclic) bond motifs is 1. The molecule has 1 fully saturated rings. The van der Waals surface area contributed by atoms with Gasteiger partial charge in [-0.2, -0.15) is 5.10 Å². The molecule has 0 bridgehead atoms. The van der Waals surface area contributed by atoms with Gasteiger partial charge in [0, 0.05) is 30.1 Å². The molecule has 0 aliphatic carbocycles. The summed E-state index contributed by atoms with van der Waals surface area (Å²) < 4.78 is 9.56. The van der Waals surface area contributed by atoms with Crippen LogP contribution in [0.25, 0.3) is 11.0 Å². The maximum Gasteiger partial charge on any atom is 0.261 e. The highest BCUT2D eigenvalue weighted by Crippen LogP contribution is 2.19. The average Bonchev–Trinajstić information content (AvgIpc) is 3.40. The molecule has 1 saturated heterocycles. The molecule has 0 saturated carbocycles. The number of hydrogen-bond acceptors (Lipinski definition) is 5. The van der Waals surface area contributed by atoms with E-state index >= 15 is 0 Å². The molecule has 1 amide bonds. The first-order chi connectivity index (χ1) is 13.6. The second-order valence-corrected chi connectivity index (χ2v) is 7.10. The number of nitrogens with one attached hydrogen (secondary N) is 1. The first-order valence-electron chi connectivity index (χ1n) is 9.50. The third kappa shape index (κ3) is 3.82. The molecule has 1 aromatic carbocycles. The number of ether oxygens (including phenoxy) is 1. The zero-order valence-electron chi connectivity index (χ0n) is 16.1. The summed E-state index contributed by atoms with van der Waals surface area (Å²) in [6.07, 6.45) is 4.21. The standard InChI is InChI=1S/C20H24N6O2/c1-14-10-16(15(2)25(14)12-17-6-5-9-28-17)11-21-23-20(27)13-26-19-8-4-3-7-18(19)22-24-26/h3-4,7-8,10-11,17H,5-6,9,12-13H2,1-2H3,(H,23,27)/b21-11-/t17-/m1/s1. The van der Waals surface area contributed by atoms with E-state index in [1.54, 1.807) is 10.9 Å². The highest BCUT2D eigenvalue weighted by atomic mass is 16.5. The summed E-state index contributed by atoms with van der Waals surface area (Å²) in [4.78, 5) is 12.2. The van der Waals surface area contributed by atoms with E-state index < -0.39 is 0 Å². The monoisotopic (exact) mass is 380 g/mol. The highest BCUT2D eigenvalue weighted by molar-refractivity contribution is 5.84. The lowest BCUT2D eigenvalue weighted by Crippen LogP contribution is -2.23. The Kier molecular flexibility index (Phi) is 5.21. The van der Waals surface area contributed by atoms with E-state index in [0.717, 1.165) is 54.0 Å². The van der Waals surface area contributed by atoms with Crippen molar-refractivity contribution in [3.8, 4) is 0 Å². The Bertz CT molecular complexity index is 1010. The number of nitrogens with zero attached hydrogens (tertiary/aromatic N) is 5. The van der Waals surface area contributed by atoms with Gasteiger partial charge in [0.2, 0.25) is 0 Å². The molecule has 0 spiro atoms. The van der Waals surface area contributed by atoms with Gasteiger partial charge in [0.25, 0.3) is 5.91 Å². The molecule has 2 aromatic heterocycles. The molecule has 3 heterocycles. The Morgan fingerprint density at radius 1 is 1.39 bits per heavy atom. The van der Waals surface area contributed by atoms with Crippen molar-refractivity contribution in [3.05, 3.63) is 47.3 Å². The number of carbonyl (C=O) groups excluding carboxylic acids is 1. The van der Waals surface area contributed by atoms with Crippen LogP contribution in [-0.2, 0) is 22.6 Å². The zero-order valence-corrected chi connectivity index (χ0v) is 16.1. The average molecular weight is 380 g/mol. The van der Waals surface area contributed by atoms with Crippen LogP contribution in [0, 0.1) is 13.8 Å². The van der Waals surface area contributed by atoms with Crippen LogP contribution >= 0.6 is 0 Å². The summed E-state index contributed by atoms with van der Waals surface area (Å²) in [6.45, 7) is 5.92. The molecule has 0 radical (unpaired) electrons. The van der Waals surface area contributed by atoms with Crippen LogP contribution in [0.2, 0.25) is 0 Å². The van der Waals surface area contributed by atoms with E-state index in [9.17, 15) is 4.79 Å². The van der Waals surface area contributed by atoms with Gasteiger partial charge in [-0.25, -0.2) is 10.1 Å². The highest BCUT2D eigenvalue weighted by Gasteiger charge is 2.18. The summed E-state index contributed by atoms with van der Waals surface area (Å²) in [5.41, 5.74) is 7.42. The minimum atomic E-state index is -0.250. The molecule has 146 valence electrons.